The number of likely N-dealkylation sites (tertiary alicyclic amines) is 1. The summed E-state index contributed by atoms with van der Waals surface area (Å²) >= 11 is 0. The maximum Gasteiger partial charge on any atom is 0.319 e. The minimum atomic E-state index is -0.0852. The molecule has 1 aromatic carbocycles. The van der Waals surface area contributed by atoms with Gasteiger partial charge in [-0.2, -0.15) is 0 Å². The van der Waals surface area contributed by atoms with Crippen LogP contribution in [0.1, 0.15) is 64.9 Å². The summed E-state index contributed by atoms with van der Waals surface area (Å²) in [5.74, 6) is 2.21. The van der Waals surface area contributed by atoms with Crippen LogP contribution < -0.4 is 10.6 Å². The van der Waals surface area contributed by atoms with E-state index in [-0.39, 0.29) is 12.1 Å². The van der Waals surface area contributed by atoms with Gasteiger partial charge in [-0.05, 0) is 66.5 Å². The zero-order chi connectivity index (χ0) is 20.6. The van der Waals surface area contributed by atoms with E-state index in [2.05, 4.69) is 61.4 Å². The number of nitrogens with one attached hydrogen (secondary N) is 2. The SMILES string of the molecule is CC(C)c1ccc(NC(=O)NC2CCN(CC3=CC[C@H]4C[C@@H]3C4(C)C)CC2)cc1. The highest BCUT2D eigenvalue weighted by atomic mass is 16.2. The fourth-order valence-corrected chi connectivity index (χ4v) is 5.45. The summed E-state index contributed by atoms with van der Waals surface area (Å²) < 4.78 is 0. The maximum absolute atomic E-state index is 12.4. The van der Waals surface area contributed by atoms with Crippen molar-refractivity contribution >= 4 is 11.7 Å². The van der Waals surface area contributed by atoms with Crippen LogP contribution in [0.25, 0.3) is 0 Å². The molecule has 1 saturated heterocycles. The van der Waals surface area contributed by atoms with Crippen molar-refractivity contribution in [2.45, 2.75) is 65.3 Å². The summed E-state index contributed by atoms with van der Waals surface area (Å²) in [5, 5.41) is 6.15. The number of rotatable bonds is 5. The first kappa shape index (κ1) is 20.5. The molecule has 29 heavy (non-hydrogen) atoms. The molecule has 1 aromatic rings. The molecule has 0 aromatic heterocycles. The number of carbonyl (C=O) groups excluding carboxylic acids is 1. The number of fused-ring (bicyclic) bond motifs is 1. The summed E-state index contributed by atoms with van der Waals surface area (Å²) in [7, 11) is 0. The first-order chi connectivity index (χ1) is 13.8. The molecule has 0 unspecified atom stereocenters. The third-order valence-electron chi connectivity index (χ3n) is 7.75. The largest absolute Gasteiger partial charge is 0.335 e. The van der Waals surface area contributed by atoms with E-state index < -0.39 is 0 Å². The summed E-state index contributed by atoms with van der Waals surface area (Å²) in [6, 6.07) is 8.34. The Balaban J connectivity index is 1.21. The van der Waals surface area contributed by atoms with Crippen molar-refractivity contribution in [3.8, 4) is 0 Å². The van der Waals surface area contributed by atoms with Crippen LogP contribution in [0.5, 0.6) is 0 Å². The molecule has 1 aliphatic heterocycles. The normalized spacial score (nSPS) is 26.6. The molecule has 5 rings (SSSR count). The van der Waals surface area contributed by atoms with Gasteiger partial charge in [0.1, 0.15) is 0 Å². The Morgan fingerprint density at radius 2 is 1.86 bits per heavy atom. The van der Waals surface area contributed by atoms with Gasteiger partial charge in [0, 0.05) is 31.4 Å². The molecule has 0 radical (unpaired) electrons. The zero-order valence-electron chi connectivity index (χ0n) is 18.5. The second-order valence-corrected chi connectivity index (χ2v) is 10.2. The highest BCUT2D eigenvalue weighted by molar-refractivity contribution is 5.89. The lowest BCUT2D eigenvalue weighted by Crippen LogP contribution is -2.51. The fraction of sp³-hybridized carbons (Fsp3) is 0.640. The number of hydrogen-bond acceptors (Lipinski definition) is 2. The molecule has 2 atom stereocenters. The molecular formula is C25H37N3O. The van der Waals surface area contributed by atoms with Crippen LogP contribution in [0, 0.1) is 17.3 Å². The molecule has 2 N–H and O–H groups in total. The van der Waals surface area contributed by atoms with E-state index in [1.165, 1.54) is 18.4 Å². The van der Waals surface area contributed by atoms with Gasteiger partial charge in [0.25, 0.3) is 0 Å². The highest BCUT2D eigenvalue weighted by Gasteiger charge is 2.51. The smallest absolute Gasteiger partial charge is 0.319 e. The number of nitrogens with zero attached hydrogens (tertiary/aromatic N) is 1. The lowest BCUT2D eigenvalue weighted by molar-refractivity contribution is -0.0113. The van der Waals surface area contributed by atoms with Gasteiger partial charge in [-0.15, -0.1) is 0 Å². The molecule has 1 heterocycles. The average Bonchev–Trinajstić information content (AvgIpc) is 2.70. The number of urea groups is 1. The topological polar surface area (TPSA) is 44.4 Å². The van der Waals surface area contributed by atoms with Gasteiger partial charge < -0.3 is 10.6 Å². The molecule has 3 aliphatic carbocycles. The van der Waals surface area contributed by atoms with Gasteiger partial charge in [-0.1, -0.05) is 51.5 Å². The van der Waals surface area contributed by atoms with Crippen LogP contribution in [-0.2, 0) is 0 Å². The second kappa shape index (κ2) is 8.14. The van der Waals surface area contributed by atoms with Crippen molar-refractivity contribution < 1.29 is 4.79 Å². The highest BCUT2D eigenvalue weighted by Crippen LogP contribution is 2.59. The molecule has 4 heteroatoms. The third kappa shape index (κ3) is 4.37. The van der Waals surface area contributed by atoms with Gasteiger partial charge in [-0.25, -0.2) is 4.79 Å². The minimum Gasteiger partial charge on any atom is -0.335 e. The minimum absolute atomic E-state index is 0.0852. The van der Waals surface area contributed by atoms with Crippen molar-refractivity contribution in [3.05, 3.63) is 41.5 Å². The molecule has 0 spiro atoms. The zero-order valence-corrected chi connectivity index (χ0v) is 18.5. The number of amides is 2. The van der Waals surface area contributed by atoms with Gasteiger partial charge in [-0.3, -0.25) is 4.90 Å². The molecule has 4 aliphatic rings. The first-order valence-corrected chi connectivity index (χ1v) is 11.4. The van der Waals surface area contributed by atoms with Crippen LogP contribution >= 0.6 is 0 Å². The van der Waals surface area contributed by atoms with Crippen molar-refractivity contribution in [1.82, 2.24) is 10.2 Å². The molecular weight excluding hydrogens is 358 g/mol. The maximum atomic E-state index is 12.4. The molecule has 158 valence electrons. The average molecular weight is 396 g/mol. The predicted octanol–water partition coefficient (Wildman–Crippen LogP) is 5.39. The Labute approximate surface area is 176 Å². The van der Waals surface area contributed by atoms with Crippen LogP contribution in [-0.4, -0.2) is 36.6 Å². The third-order valence-corrected chi connectivity index (χ3v) is 7.75. The number of benzene rings is 1. The molecule has 2 amide bonds. The van der Waals surface area contributed by atoms with Crippen molar-refractivity contribution in [2.75, 3.05) is 25.0 Å². The summed E-state index contributed by atoms with van der Waals surface area (Å²) in [6.07, 6.45) is 7.25. The van der Waals surface area contributed by atoms with E-state index >= 15 is 0 Å². The molecule has 2 fully saturated rings. The first-order valence-electron chi connectivity index (χ1n) is 11.4. The summed E-state index contributed by atoms with van der Waals surface area (Å²) in [4.78, 5) is 15.0. The molecule has 2 bridgehead atoms. The van der Waals surface area contributed by atoms with Gasteiger partial charge in [0.15, 0.2) is 0 Å². The summed E-state index contributed by atoms with van der Waals surface area (Å²) in [5.41, 5.74) is 4.33. The predicted molar refractivity (Wildman–Crippen MR) is 120 cm³/mol. The van der Waals surface area contributed by atoms with Crippen molar-refractivity contribution in [1.29, 1.82) is 0 Å². The molecule has 4 nitrogen and oxygen atoms in total. The van der Waals surface area contributed by atoms with E-state index in [0.717, 1.165) is 50.0 Å². The Morgan fingerprint density at radius 3 is 2.45 bits per heavy atom. The summed E-state index contributed by atoms with van der Waals surface area (Å²) in [6.45, 7) is 12.5. The Kier molecular flexibility index (Phi) is 5.74. The van der Waals surface area contributed by atoms with Crippen LogP contribution in [0.3, 0.4) is 0 Å². The Morgan fingerprint density at radius 1 is 1.17 bits per heavy atom. The van der Waals surface area contributed by atoms with E-state index in [9.17, 15) is 4.79 Å². The number of carbonyl (C=O) groups is 1. The van der Waals surface area contributed by atoms with Crippen LogP contribution in [0.4, 0.5) is 10.5 Å². The Hall–Kier alpha value is -1.81. The number of piperidine rings is 1. The van der Waals surface area contributed by atoms with Crippen molar-refractivity contribution in [3.63, 3.8) is 0 Å². The quantitative estimate of drug-likeness (QED) is 0.657. The monoisotopic (exact) mass is 395 g/mol. The van der Waals surface area contributed by atoms with Crippen LogP contribution in [0.2, 0.25) is 0 Å². The van der Waals surface area contributed by atoms with Crippen LogP contribution in [0.15, 0.2) is 35.9 Å². The van der Waals surface area contributed by atoms with E-state index in [0.29, 0.717) is 11.3 Å². The van der Waals surface area contributed by atoms with Crippen molar-refractivity contribution in [2.24, 2.45) is 17.3 Å². The van der Waals surface area contributed by atoms with E-state index in [1.54, 1.807) is 5.57 Å². The second-order valence-electron chi connectivity index (χ2n) is 10.2. The van der Waals surface area contributed by atoms with Gasteiger partial charge in [0.2, 0.25) is 0 Å². The lowest BCUT2D eigenvalue weighted by Gasteiger charge is -2.57. The Bertz CT molecular complexity index is 757. The van der Waals surface area contributed by atoms with Gasteiger partial charge >= 0.3 is 6.03 Å². The number of hydrogen-bond donors (Lipinski definition) is 2. The van der Waals surface area contributed by atoms with E-state index in [4.69, 9.17) is 0 Å². The number of allylic oxidation sites excluding steroid dienone is 1. The fourth-order valence-electron chi connectivity index (χ4n) is 5.45. The van der Waals surface area contributed by atoms with Gasteiger partial charge in [0.05, 0.1) is 0 Å². The standard InChI is InChI=1S/C25H37N3O/c1-17(2)18-6-9-21(10-7-18)26-24(29)27-22-11-13-28(14-12-22)16-19-5-8-20-15-23(19)25(20,3)4/h5-7,9-10,17,20,22-23H,8,11-16H2,1-4H3,(H2,26,27,29)/t20-,23-/m0/s1. The molecule has 1 saturated carbocycles. The van der Waals surface area contributed by atoms with E-state index in [1.807, 2.05) is 12.1 Å². The number of anilines is 1. The lowest BCUT2D eigenvalue weighted by atomic mass is 9.49.